The van der Waals surface area contributed by atoms with Crippen LogP contribution in [0.25, 0.3) is 77.2 Å². The van der Waals surface area contributed by atoms with E-state index in [4.69, 9.17) is 4.98 Å². The Kier molecular flexibility index (Phi) is 8.86. The van der Waals surface area contributed by atoms with Crippen molar-refractivity contribution in [3.63, 3.8) is 0 Å². The molecule has 63 heavy (non-hydrogen) atoms. The standard InChI is InChI=1S/C36H23N3O2S.C15H11BrN2O2S/c1-2-33-38-29-12-7-13-31-36(29)39(33)30-19-18-24(20-32(30)42(31,40)41)35-27-10-5-3-8-25(27)34(26-9-4-6-11-28(26)35)23-16-14-22(21-37)15-17-23;1-2-14-17-10-4-3-5-12-15(10)18(14)11-7-6-9(16)8-13(11)21(12,19)20/h3-20H,2H2,1H3;3-8H,2H2,1H3. The molecule has 0 bridgehead atoms. The fourth-order valence-corrected chi connectivity index (χ4v) is 13.2. The number of fused-ring (bicyclic) bond motifs is 6. The first-order chi connectivity index (χ1) is 30.5. The summed E-state index contributed by atoms with van der Waals surface area (Å²) in [5.41, 5.74) is 8.61. The van der Waals surface area contributed by atoms with Crippen molar-refractivity contribution >= 4 is 79.2 Å². The second-order valence-corrected chi connectivity index (χ2v) is 20.2. The highest BCUT2D eigenvalue weighted by Crippen LogP contribution is 2.47. The zero-order valence-electron chi connectivity index (χ0n) is 33.8. The molecule has 0 amide bonds. The van der Waals surface area contributed by atoms with E-state index in [0.717, 1.165) is 71.9 Å². The van der Waals surface area contributed by atoms with Crippen molar-refractivity contribution in [2.45, 2.75) is 46.3 Å². The first kappa shape index (κ1) is 39.0. The highest BCUT2D eigenvalue weighted by molar-refractivity contribution is 9.10. The molecule has 4 heterocycles. The number of aryl methyl sites for hydroxylation is 2. The van der Waals surface area contributed by atoms with Crippen LogP contribution in [0.3, 0.4) is 0 Å². The predicted octanol–water partition coefficient (Wildman–Crippen LogP) is 11.7. The minimum Gasteiger partial charge on any atom is -0.294 e. The summed E-state index contributed by atoms with van der Waals surface area (Å²) in [6.45, 7) is 4.06. The number of aromatic nitrogens is 4. The smallest absolute Gasteiger partial charge is 0.210 e. The third-order valence-electron chi connectivity index (χ3n) is 12.1. The van der Waals surface area contributed by atoms with Crippen LogP contribution in [-0.2, 0) is 32.5 Å². The Balaban J connectivity index is 0.000000177. The van der Waals surface area contributed by atoms with Gasteiger partial charge in [0, 0.05) is 17.3 Å². The first-order valence-electron chi connectivity index (χ1n) is 20.4. The molecule has 0 fully saturated rings. The Morgan fingerprint density at radius 1 is 0.524 bits per heavy atom. The summed E-state index contributed by atoms with van der Waals surface area (Å²) < 4.78 is 58.7. The van der Waals surface area contributed by atoms with Crippen LogP contribution in [0.2, 0.25) is 0 Å². The summed E-state index contributed by atoms with van der Waals surface area (Å²) in [7, 11) is -7.30. The summed E-state index contributed by atoms with van der Waals surface area (Å²) in [6, 6.07) is 48.1. The van der Waals surface area contributed by atoms with Crippen LogP contribution in [0.4, 0.5) is 0 Å². The van der Waals surface area contributed by atoms with E-state index in [1.54, 1.807) is 30.3 Å². The number of nitrogens with zero attached hydrogens (tertiary/aromatic N) is 5. The lowest BCUT2D eigenvalue weighted by Gasteiger charge is -2.23. The van der Waals surface area contributed by atoms with Gasteiger partial charge in [0.2, 0.25) is 19.7 Å². The number of rotatable bonds is 4. The van der Waals surface area contributed by atoms with Gasteiger partial charge in [-0.15, -0.1) is 0 Å². The van der Waals surface area contributed by atoms with Crippen molar-refractivity contribution in [3.8, 4) is 39.7 Å². The number of sulfone groups is 2. The average molecular weight is 925 g/mol. The molecule has 2 aliphatic rings. The zero-order chi connectivity index (χ0) is 43.4. The maximum Gasteiger partial charge on any atom is 0.210 e. The lowest BCUT2D eigenvalue weighted by molar-refractivity contribution is 0.592. The Bertz CT molecular complexity index is 3830. The molecule has 2 aromatic heterocycles. The summed E-state index contributed by atoms with van der Waals surface area (Å²) in [5.74, 6) is 1.71. The fourth-order valence-electron chi connectivity index (χ4n) is 9.37. The third kappa shape index (κ3) is 5.70. The van der Waals surface area contributed by atoms with E-state index in [0.29, 0.717) is 54.6 Å². The number of halogens is 1. The first-order valence-corrected chi connectivity index (χ1v) is 24.2. The van der Waals surface area contributed by atoms with Gasteiger partial charge >= 0.3 is 0 Å². The largest absolute Gasteiger partial charge is 0.294 e. The molecule has 0 radical (unpaired) electrons. The SMILES string of the molecule is CCc1nc2cccc3c2n1-c1ccc(-c2c4ccccc4c(-c4ccc(C#N)cc4)c4ccccc24)cc1S3(=O)=O.CCc1nc2cccc3c2n1-c1ccc(Br)cc1S3(=O)=O. The Hall–Kier alpha value is -6.91. The van der Waals surface area contributed by atoms with Gasteiger partial charge in [-0.05, 0) is 111 Å². The monoisotopic (exact) mass is 923 g/mol. The van der Waals surface area contributed by atoms with Gasteiger partial charge in [0.15, 0.2) is 0 Å². The summed E-state index contributed by atoms with van der Waals surface area (Å²) in [5, 5.41) is 13.5. The van der Waals surface area contributed by atoms with Gasteiger partial charge in [0.05, 0.1) is 64.7 Å². The quantitative estimate of drug-likeness (QED) is 0.161. The number of para-hydroxylation sites is 2. The van der Waals surface area contributed by atoms with Crippen LogP contribution in [0.1, 0.15) is 31.1 Å². The topological polar surface area (TPSA) is 128 Å². The van der Waals surface area contributed by atoms with Crippen LogP contribution in [-0.4, -0.2) is 35.9 Å². The van der Waals surface area contributed by atoms with Crippen molar-refractivity contribution in [3.05, 3.63) is 167 Å². The molecule has 0 N–H and O–H groups in total. The van der Waals surface area contributed by atoms with E-state index in [9.17, 15) is 22.1 Å². The van der Waals surface area contributed by atoms with Crippen molar-refractivity contribution in [2.75, 3.05) is 0 Å². The maximum absolute atomic E-state index is 14.1. The second kappa shape index (κ2) is 14.3. The molecule has 0 saturated carbocycles. The van der Waals surface area contributed by atoms with Gasteiger partial charge in [-0.25, -0.2) is 26.8 Å². The van der Waals surface area contributed by atoms with E-state index in [1.165, 1.54) is 0 Å². The van der Waals surface area contributed by atoms with Crippen LogP contribution in [0.15, 0.2) is 170 Å². The molecule has 0 spiro atoms. The molecule has 0 unspecified atom stereocenters. The van der Waals surface area contributed by atoms with Crippen molar-refractivity contribution < 1.29 is 16.8 Å². The van der Waals surface area contributed by atoms with E-state index >= 15 is 0 Å². The lowest BCUT2D eigenvalue weighted by Crippen LogP contribution is -2.16. The molecule has 12 rings (SSSR count). The van der Waals surface area contributed by atoms with Crippen molar-refractivity contribution in [1.82, 2.24) is 19.1 Å². The summed E-state index contributed by atoms with van der Waals surface area (Å²) in [4.78, 5) is 10.6. The van der Waals surface area contributed by atoms with E-state index in [-0.39, 0.29) is 4.90 Å². The molecule has 9 nitrogen and oxygen atoms in total. The number of nitriles is 1. The Morgan fingerprint density at radius 3 is 1.44 bits per heavy atom. The lowest BCUT2D eigenvalue weighted by atomic mass is 9.86. The number of imidazole rings is 2. The van der Waals surface area contributed by atoms with Crippen molar-refractivity contribution in [2.24, 2.45) is 0 Å². The van der Waals surface area contributed by atoms with Gasteiger partial charge in [0.1, 0.15) is 11.6 Å². The van der Waals surface area contributed by atoms with Crippen LogP contribution in [0, 0.1) is 11.3 Å². The predicted molar refractivity (Wildman–Crippen MR) is 250 cm³/mol. The van der Waals surface area contributed by atoms with Crippen LogP contribution >= 0.6 is 15.9 Å². The minimum atomic E-state index is -3.78. The molecule has 306 valence electrons. The molecule has 0 saturated heterocycles. The number of hydrogen-bond donors (Lipinski definition) is 0. The summed E-state index contributed by atoms with van der Waals surface area (Å²) in [6.07, 6.45) is 1.42. The average Bonchev–Trinajstić information content (AvgIpc) is 3.89. The van der Waals surface area contributed by atoms with E-state index in [1.807, 2.05) is 114 Å². The van der Waals surface area contributed by atoms with Gasteiger partial charge in [0.25, 0.3) is 0 Å². The van der Waals surface area contributed by atoms with Crippen LogP contribution in [0.5, 0.6) is 0 Å². The molecule has 2 aliphatic heterocycles. The normalized spacial score (nSPS) is 13.9. The van der Waals surface area contributed by atoms with E-state index in [2.05, 4.69) is 51.2 Å². The van der Waals surface area contributed by atoms with Gasteiger partial charge in [-0.3, -0.25) is 9.13 Å². The van der Waals surface area contributed by atoms with Crippen molar-refractivity contribution in [1.29, 1.82) is 5.26 Å². The second-order valence-electron chi connectivity index (χ2n) is 15.5. The van der Waals surface area contributed by atoms with Gasteiger partial charge in [-0.2, -0.15) is 5.26 Å². The van der Waals surface area contributed by atoms with Gasteiger partial charge < -0.3 is 0 Å². The molecular weight excluding hydrogens is 891 g/mol. The third-order valence-corrected chi connectivity index (χ3v) is 16.2. The zero-order valence-corrected chi connectivity index (χ0v) is 37.1. The van der Waals surface area contributed by atoms with Crippen LogP contribution < -0.4 is 0 Å². The van der Waals surface area contributed by atoms with Gasteiger partial charge in [-0.1, -0.05) is 109 Å². The molecule has 0 aliphatic carbocycles. The maximum atomic E-state index is 14.1. The molecule has 12 heteroatoms. The fraction of sp³-hybridized carbons (Fsp3) is 0.0784. The molecule has 10 aromatic rings. The van der Waals surface area contributed by atoms with E-state index < -0.39 is 19.7 Å². The minimum absolute atomic E-state index is 0.289. The summed E-state index contributed by atoms with van der Waals surface area (Å²) >= 11 is 3.36. The highest BCUT2D eigenvalue weighted by Gasteiger charge is 2.35. The molecule has 0 atom stereocenters. The Morgan fingerprint density at radius 2 is 0.968 bits per heavy atom. The molecule has 8 aromatic carbocycles. The number of benzene rings is 8. The highest BCUT2D eigenvalue weighted by atomic mass is 79.9. The molecular formula is C51H34BrN5O4S2. The number of hydrogen-bond acceptors (Lipinski definition) is 7. The Labute approximate surface area is 371 Å².